The zero-order valence-corrected chi connectivity index (χ0v) is 8.95. The predicted octanol–water partition coefficient (Wildman–Crippen LogP) is 2.05. The Hall–Kier alpha value is -0.860. The number of hydrogen-bond acceptors (Lipinski definition) is 2. The first-order valence-electron chi connectivity index (χ1n) is 5.97. The van der Waals surface area contributed by atoms with Crippen molar-refractivity contribution >= 4 is 0 Å². The Kier molecular flexibility index (Phi) is 2.47. The smallest absolute Gasteiger partial charge is 0.0259 e. The van der Waals surface area contributed by atoms with Crippen LogP contribution in [0.1, 0.15) is 30.7 Å². The van der Waals surface area contributed by atoms with Crippen LogP contribution in [0.15, 0.2) is 30.3 Å². The molecule has 2 aliphatic rings. The fourth-order valence-corrected chi connectivity index (χ4v) is 3.00. The van der Waals surface area contributed by atoms with E-state index >= 15 is 0 Å². The van der Waals surface area contributed by atoms with E-state index in [2.05, 4.69) is 41.2 Å². The highest BCUT2D eigenvalue weighted by Gasteiger charge is 2.33. The third kappa shape index (κ3) is 1.80. The van der Waals surface area contributed by atoms with Crippen LogP contribution in [0.5, 0.6) is 0 Å². The van der Waals surface area contributed by atoms with Gasteiger partial charge in [-0.3, -0.25) is 10.9 Å². The molecule has 2 fully saturated rings. The molecule has 3 atom stereocenters. The summed E-state index contributed by atoms with van der Waals surface area (Å²) in [6, 6.07) is 11.7. The number of hydrogen-bond donors (Lipinski definition) is 2. The number of benzene rings is 1. The van der Waals surface area contributed by atoms with Crippen molar-refractivity contribution in [3.05, 3.63) is 35.9 Å². The van der Waals surface area contributed by atoms with Crippen molar-refractivity contribution < 1.29 is 0 Å². The van der Waals surface area contributed by atoms with Gasteiger partial charge in [-0.05, 0) is 36.7 Å². The molecule has 0 spiro atoms. The van der Waals surface area contributed by atoms with Gasteiger partial charge in [0.25, 0.3) is 0 Å². The Balaban J connectivity index is 1.74. The second kappa shape index (κ2) is 3.95. The molecule has 1 aliphatic carbocycles. The fourth-order valence-electron chi connectivity index (χ4n) is 3.00. The Morgan fingerprint density at radius 1 is 1.07 bits per heavy atom. The van der Waals surface area contributed by atoms with Crippen molar-refractivity contribution in [1.82, 2.24) is 10.9 Å². The van der Waals surface area contributed by atoms with Gasteiger partial charge in [0.1, 0.15) is 0 Å². The van der Waals surface area contributed by atoms with Crippen LogP contribution in [0.2, 0.25) is 0 Å². The number of nitrogens with one attached hydrogen (secondary N) is 2. The second-order valence-corrected chi connectivity index (χ2v) is 4.81. The maximum Gasteiger partial charge on any atom is 0.0259 e. The van der Waals surface area contributed by atoms with Gasteiger partial charge in [-0.1, -0.05) is 30.3 Å². The zero-order chi connectivity index (χ0) is 10.1. The van der Waals surface area contributed by atoms with E-state index in [9.17, 15) is 0 Å². The molecule has 3 unspecified atom stereocenters. The van der Waals surface area contributed by atoms with Crippen molar-refractivity contribution in [3.8, 4) is 0 Å². The lowest BCUT2D eigenvalue weighted by atomic mass is 9.76. The molecule has 0 aromatic heterocycles. The monoisotopic (exact) mass is 202 g/mol. The Labute approximate surface area is 91.0 Å². The average molecular weight is 202 g/mol. The minimum atomic E-state index is 0.698. The summed E-state index contributed by atoms with van der Waals surface area (Å²) in [6.45, 7) is 1.16. The van der Waals surface area contributed by atoms with E-state index < -0.39 is 0 Å². The molecule has 1 heterocycles. The first-order valence-corrected chi connectivity index (χ1v) is 5.97. The Bertz CT molecular complexity index is 323. The van der Waals surface area contributed by atoms with Crippen molar-refractivity contribution in [2.45, 2.75) is 31.2 Å². The molecule has 1 aromatic rings. The SMILES string of the molecule is c1ccc(C2CCC3CNNC3C2)cc1. The van der Waals surface area contributed by atoms with Gasteiger partial charge in [-0.25, -0.2) is 0 Å². The van der Waals surface area contributed by atoms with Crippen LogP contribution in [-0.4, -0.2) is 12.6 Å². The van der Waals surface area contributed by atoms with Gasteiger partial charge < -0.3 is 0 Å². The Morgan fingerprint density at radius 3 is 2.80 bits per heavy atom. The molecule has 1 aromatic carbocycles. The van der Waals surface area contributed by atoms with Crippen LogP contribution in [0.3, 0.4) is 0 Å². The van der Waals surface area contributed by atoms with Gasteiger partial charge in [0.15, 0.2) is 0 Å². The van der Waals surface area contributed by atoms with E-state index in [1.54, 1.807) is 0 Å². The summed E-state index contributed by atoms with van der Waals surface area (Å²) < 4.78 is 0. The van der Waals surface area contributed by atoms with Crippen LogP contribution in [0.4, 0.5) is 0 Å². The molecule has 2 heteroatoms. The highest BCUT2D eigenvalue weighted by molar-refractivity contribution is 5.20. The minimum Gasteiger partial charge on any atom is -0.257 e. The lowest BCUT2D eigenvalue weighted by molar-refractivity contribution is 0.303. The molecule has 80 valence electrons. The maximum atomic E-state index is 3.41. The molecule has 15 heavy (non-hydrogen) atoms. The first kappa shape index (κ1) is 9.37. The summed E-state index contributed by atoms with van der Waals surface area (Å²) in [7, 11) is 0. The van der Waals surface area contributed by atoms with Crippen molar-refractivity contribution in [2.24, 2.45) is 5.92 Å². The van der Waals surface area contributed by atoms with Crippen molar-refractivity contribution in [3.63, 3.8) is 0 Å². The first-order chi connectivity index (χ1) is 7.43. The predicted molar refractivity (Wildman–Crippen MR) is 61.5 cm³/mol. The third-order valence-corrected chi connectivity index (χ3v) is 3.92. The minimum absolute atomic E-state index is 0.698. The topological polar surface area (TPSA) is 24.1 Å². The van der Waals surface area contributed by atoms with Crippen LogP contribution in [0, 0.1) is 5.92 Å². The highest BCUT2D eigenvalue weighted by atomic mass is 15.4. The second-order valence-electron chi connectivity index (χ2n) is 4.81. The molecular formula is C13H18N2. The molecule has 0 bridgehead atoms. The highest BCUT2D eigenvalue weighted by Crippen LogP contribution is 2.36. The summed E-state index contributed by atoms with van der Waals surface area (Å²) >= 11 is 0. The zero-order valence-electron chi connectivity index (χ0n) is 8.95. The molecule has 1 aliphatic heterocycles. The van der Waals surface area contributed by atoms with Gasteiger partial charge in [0, 0.05) is 12.6 Å². The molecule has 0 radical (unpaired) electrons. The van der Waals surface area contributed by atoms with E-state index in [1.807, 2.05) is 0 Å². The number of rotatable bonds is 1. The van der Waals surface area contributed by atoms with E-state index in [0.717, 1.165) is 18.4 Å². The molecular weight excluding hydrogens is 184 g/mol. The third-order valence-electron chi connectivity index (χ3n) is 3.92. The molecule has 0 amide bonds. The number of hydrazine groups is 1. The summed E-state index contributed by atoms with van der Waals surface area (Å²) in [5, 5.41) is 0. The van der Waals surface area contributed by atoms with Crippen molar-refractivity contribution in [1.29, 1.82) is 0 Å². The van der Waals surface area contributed by atoms with Crippen LogP contribution in [-0.2, 0) is 0 Å². The summed E-state index contributed by atoms with van der Waals surface area (Å²) in [6.07, 6.45) is 4.01. The average Bonchev–Trinajstić information content (AvgIpc) is 2.77. The van der Waals surface area contributed by atoms with Crippen molar-refractivity contribution in [2.75, 3.05) is 6.54 Å². The summed E-state index contributed by atoms with van der Waals surface area (Å²) in [5.41, 5.74) is 8.21. The largest absolute Gasteiger partial charge is 0.257 e. The molecule has 2 N–H and O–H groups in total. The summed E-state index contributed by atoms with van der Waals surface area (Å²) in [4.78, 5) is 0. The van der Waals surface area contributed by atoms with Gasteiger partial charge in [0.2, 0.25) is 0 Å². The van der Waals surface area contributed by atoms with E-state index in [4.69, 9.17) is 0 Å². The van der Waals surface area contributed by atoms with E-state index in [-0.39, 0.29) is 0 Å². The lowest BCUT2D eigenvalue weighted by Gasteiger charge is -2.31. The summed E-state index contributed by atoms with van der Waals surface area (Å²) in [5.74, 6) is 1.63. The van der Waals surface area contributed by atoms with Crippen LogP contribution < -0.4 is 10.9 Å². The van der Waals surface area contributed by atoms with Crippen LogP contribution >= 0.6 is 0 Å². The molecule has 1 saturated carbocycles. The number of fused-ring (bicyclic) bond motifs is 1. The lowest BCUT2D eigenvalue weighted by Crippen LogP contribution is -2.35. The van der Waals surface area contributed by atoms with Crippen LogP contribution in [0.25, 0.3) is 0 Å². The maximum absolute atomic E-state index is 3.41. The Morgan fingerprint density at radius 2 is 1.93 bits per heavy atom. The van der Waals surface area contributed by atoms with Gasteiger partial charge in [-0.15, -0.1) is 0 Å². The fraction of sp³-hybridized carbons (Fsp3) is 0.538. The normalized spacial score (nSPS) is 35.1. The standard InChI is InChI=1S/C13H18N2/c1-2-4-10(5-3-1)11-6-7-12-9-14-15-13(12)8-11/h1-5,11-15H,6-9H2. The molecule has 1 saturated heterocycles. The van der Waals surface area contributed by atoms with Gasteiger partial charge in [-0.2, -0.15) is 0 Å². The quantitative estimate of drug-likeness (QED) is 0.728. The van der Waals surface area contributed by atoms with E-state index in [0.29, 0.717) is 6.04 Å². The van der Waals surface area contributed by atoms with Gasteiger partial charge >= 0.3 is 0 Å². The molecule has 3 rings (SSSR count). The molecule has 2 nitrogen and oxygen atoms in total. The van der Waals surface area contributed by atoms with E-state index in [1.165, 1.54) is 24.8 Å². The van der Waals surface area contributed by atoms with Gasteiger partial charge in [0.05, 0.1) is 0 Å².